The Morgan fingerprint density at radius 2 is 1.36 bits per heavy atom. The summed E-state index contributed by atoms with van der Waals surface area (Å²) in [6, 6.07) is 4.73. The minimum absolute atomic E-state index is 0.248. The first-order valence-electron chi connectivity index (χ1n) is 8.68. The molecule has 22 heavy (non-hydrogen) atoms. The lowest BCUT2D eigenvalue weighted by atomic mass is 9.72. The molecule has 0 amide bonds. The Bertz CT molecular complexity index is 532. The molecule has 0 bridgehead atoms. The highest BCUT2D eigenvalue weighted by Gasteiger charge is 2.52. The van der Waals surface area contributed by atoms with Crippen LogP contribution in [-0.2, 0) is 9.31 Å². The summed E-state index contributed by atoms with van der Waals surface area (Å²) in [5.41, 5.74) is 4.79. The van der Waals surface area contributed by atoms with Crippen LogP contribution in [0.3, 0.4) is 0 Å². The van der Waals surface area contributed by atoms with Gasteiger partial charge in [-0.1, -0.05) is 36.1 Å². The standard InChI is InChI=1S/C19H29BO2/c1-13-11-16(15-9-7-8-10-15)12-14(2)17(13)20-21-18(3,4)19(5,6)22-20/h11-12,15H,7-10H2,1-6H3. The lowest BCUT2D eigenvalue weighted by Gasteiger charge is -2.32. The topological polar surface area (TPSA) is 18.5 Å². The Hall–Kier alpha value is -0.795. The number of benzene rings is 1. The number of aryl methyl sites for hydroxylation is 2. The molecule has 1 aliphatic heterocycles. The Balaban J connectivity index is 1.92. The van der Waals surface area contributed by atoms with Gasteiger partial charge in [0.1, 0.15) is 0 Å². The summed E-state index contributed by atoms with van der Waals surface area (Å²) in [5, 5.41) is 0. The van der Waals surface area contributed by atoms with Gasteiger partial charge in [0.15, 0.2) is 0 Å². The summed E-state index contributed by atoms with van der Waals surface area (Å²) in [5.74, 6) is 0.754. The molecule has 1 saturated heterocycles. The Kier molecular flexibility index (Phi) is 3.93. The van der Waals surface area contributed by atoms with E-state index in [0.717, 1.165) is 5.92 Å². The van der Waals surface area contributed by atoms with Crippen molar-refractivity contribution in [3.05, 3.63) is 28.8 Å². The van der Waals surface area contributed by atoms with E-state index in [1.54, 1.807) is 0 Å². The first-order valence-corrected chi connectivity index (χ1v) is 8.68. The molecule has 1 aromatic rings. The molecule has 2 nitrogen and oxygen atoms in total. The molecule has 0 atom stereocenters. The molecule has 3 rings (SSSR count). The third-order valence-corrected chi connectivity index (χ3v) is 5.93. The summed E-state index contributed by atoms with van der Waals surface area (Å²) in [7, 11) is -0.248. The highest BCUT2D eigenvalue weighted by Crippen LogP contribution is 2.38. The molecule has 0 spiro atoms. The van der Waals surface area contributed by atoms with Gasteiger partial charge in [-0.25, -0.2) is 0 Å². The van der Waals surface area contributed by atoms with Crippen molar-refractivity contribution in [2.45, 2.75) is 84.3 Å². The fraction of sp³-hybridized carbons (Fsp3) is 0.684. The van der Waals surface area contributed by atoms with Gasteiger partial charge in [-0.05, 0) is 71.3 Å². The molecule has 0 N–H and O–H groups in total. The normalized spacial score (nSPS) is 24.2. The van der Waals surface area contributed by atoms with Crippen LogP contribution in [0.4, 0.5) is 0 Å². The molecular weight excluding hydrogens is 271 g/mol. The highest BCUT2D eigenvalue weighted by atomic mass is 16.7. The predicted octanol–water partition coefficient (Wildman–Crippen LogP) is 4.26. The van der Waals surface area contributed by atoms with Crippen LogP contribution in [0.1, 0.15) is 76.0 Å². The average molecular weight is 300 g/mol. The molecule has 2 fully saturated rings. The molecule has 0 unspecified atom stereocenters. The Morgan fingerprint density at radius 1 is 0.909 bits per heavy atom. The van der Waals surface area contributed by atoms with E-state index >= 15 is 0 Å². The van der Waals surface area contributed by atoms with E-state index in [-0.39, 0.29) is 18.3 Å². The van der Waals surface area contributed by atoms with Crippen molar-refractivity contribution < 1.29 is 9.31 Å². The second-order valence-corrected chi connectivity index (χ2v) is 8.14. The van der Waals surface area contributed by atoms with Crippen molar-refractivity contribution in [2.75, 3.05) is 0 Å². The first kappa shape index (κ1) is 16.1. The third kappa shape index (κ3) is 2.63. The van der Waals surface area contributed by atoms with Gasteiger partial charge in [0.2, 0.25) is 0 Å². The minimum Gasteiger partial charge on any atom is -0.399 e. The van der Waals surface area contributed by atoms with E-state index in [2.05, 4.69) is 53.7 Å². The molecule has 3 heteroatoms. The first-order chi connectivity index (χ1) is 10.2. The maximum absolute atomic E-state index is 6.25. The van der Waals surface area contributed by atoms with Crippen molar-refractivity contribution in [3.8, 4) is 0 Å². The van der Waals surface area contributed by atoms with Gasteiger partial charge in [0.25, 0.3) is 0 Å². The van der Waals surface area contributed by atoms with Gasteiger partial charge in [-0.2, -0.15) is 0 Å². The number of hydrogen-bond donors (Lipinski definition) is 0. The lowest BCUT2D eigenvalue weighted by Crippen LogP contribution is -2.41. The zero-order valence-electron chi connectivity index (χ0n) is 15.0. The smallest absolute Gasteiger partial charge is 0.399 e. The van der Waals surface area contributed by atoms with Gasteiger partial charge < -0.3 is 9.31 Å². The van der Waals surface area contributed by atoms with Crippen molar-refractivity contribution in [1.29, 1.82) is 0 Å². The van der Waals surface area contributed by atoms with Crippen LogP contribution >= 0.6 is 0 Å². The van der Waals surface area contributed by atoms with Gasteiger partial charge in [0.05, 0.1) is 11.2 Å². The third-order valence-electron chi connectivity index (χ3n) is 5.93. The van der Waals surface area contributed by atoms with Crippen LogP contribution < -0.4 is 5.46 Å². The summed E-state index contributed by atoms with van der Waals surface area (Å²) < 4.78 is 12.5. The maximum Gasteiger partial charge on any atom is 0.495 e. The fourth-order valence-electron chi connectivity index (χ4n) is 3.84. The van der Waals surface area contributed by atoms with Gasteiger partial charge >= 0.3 is 7.12 Å². The quantitative estimate of drug-likeness (QED) is 0.760. The van der Waals surface area contributed by atoms with Gasteiger partial charge in [-0.3, -0.25) is 0 Å². The van der Waals surface area contributed by atoms with E-state index in [9.17, 15) is 0 Å². The molecule has 1 aliphatic carbocycles. The van der Waals surface area contributed by atoms with E-state index in [4.69, 9.17) is 9.31 Å². The molecule has 120 valence electrons. The van der Waals surface area contributed by atoms with Crippen molar-refractivity contribution >= 4 is 12.6 Å². The van der Waals surface area contributed by atoms with E-state index in [1.165, 1.54) is 47.8 Å². The molecule has 1 aromatic carbocycles. The Labute approximate surface area is 135 Å². The zero-order chi connectivity index (χ0) is 16.1. The van der Waals surface area contributed by atoms with Gasteiger partial charge in [0, 0.05) is 0 Å². The van der Waals surface area contributed by atoms with Crippen LogP contribution in [0, 0.1) is 13.8 Å². The SMILES string of the molecule is Cc1cc(C2CCCC2)cc(C)c1B1OC(C)(C)C(C)(C)O1. The molecule has 0 aromatic heterocycles. The second-order valence-electron chi connectivity index (χ2n) is 8.14. The fourth-order valence-corrected chi connectivity index (χ4v) is 3.84. The van der Waals surface area contributed by atoms with Crippen molar-refractivity contribution in [3.63, 3.8) is 0 Å². The molecule has 2 aliphatic rings. The van der Waals surface area contributed by atoms with Crippen LogP contribution in [-0.4, -0.2) is 18.3 Å². The zero-order valence-corrected chi connectivity index (χ0v) is 15.0. The summed E-state index contributed by atoms with van der Waals surface area (Å²) in [6.45, 7) is 12.9. The summed E-state index contributed by atoms with van der Waals surface area (Å²) in [4.78, 5) is 0. The molecule has 0 radical (unpaired) electrons. The predicted molar refractivity (Wildman–Crippen MR) is 92.8 cm³/mol. The van der Waals surface area contributed by atoms with Crippen LogP contribution in [0.15, 0.2) is 12.1 Å². The number of hydrogen-bond acceptors (Lipinski definition) is 2. The van der Waals surface area contributed by atoms with Crippen LogP contribution in [0.2, 0.25) is 0 Å². The molecular formula is C19H29BO2. The molecule has 1 heterocycles. The monoisotopic (exact) mass is 300 g/mol. The van der Waals surface area contributed by atoms with Gasteiger partial charge in [-0.15, -0.1) is 0 Å². The highest BCUT2D eigenvalue weighted by molar-refractivity contribution is 6.63. The summed E-state index contributed by atoms with van der Waals surface area (Å²) >= 11 is 0. The van der Waals surface area contributed by atoms with E-state index in [0.29, 0.717) is 0 Å². The minimum atomic E-state index is -0.277. The van der Waals surface area contributed by atoms with E-state index in [1.807, 2.05) is 0 Å². The maximum atomic E-state index is 6.25. The van der Waals surface area contributed by atoms with Crippen molar-refractivity contribution in [1.82, 2.24) is 0 Å². The largest absolute Gasteiger partial charge is 0.495 e. The van der Waals surface area contributed by atoms with Crippen LogP contribution in [0.5, 0.6) is 0 Å². The van der Waals surface area contributed by atoms with Crippen molar-refractivity contribution in [2.24, 2.45) is 0 Å². The Morgan fingerprint density at radius 3 is 1.82 bits per heavy atom. The second kappa shape index (κ2) is 5.38. The van der Waals surface area contributed by atoms with Crippen LogP contribution in [0.25, 0.3) is 0 Å². The van der Waals surface area contributed by atoms with E-state index < -0.39 is 0 Å². The molecule has 1 saturated carbocycles. The summed E-state index contributed by atoms with van der Waals surface area (Å²) in [6.07, 6.45) is 5.44. The average Bonchev–Trinajstić information content (AvgIpc) is 2.95. The number of rotatable bonds is 2. The lowest BCUT2D eigenvalue weighted by molar-refractivity contribution is 0.00578.